The molecular weight excluding hydrogens is 485 g/mol. The molecule has 0 spiro atoms. The average Bonchev–Trinajstić information content (AvgIpc) is 2.64. The monoisotopic (exact) mass is 501 g/mol. The number of aromatic hydroxyl groups is 1. The molecule has 0 aromatic heterocycles. The Labute approximate surface area is 174 Å². The van der Waals surface area contributed by atoms with E-state index in [0.29, 0.717) is 32.1 Å². The van der Waals surface area contributed by atoms with E-state index in [9.17, 15) is 14.7 Å². The maximum atomic E-state index is 11.9. The molecule has 2 rings (SSSR count). The molecule has 3 N–H and O–H groups in total. The molecule has 2 amide bonds. The minimum Gasteiger partial charge on any atom is -0.504 e. The highest BCUT2D eigenvalue weighted by atomic mass is 127. The Morgan fingerprint density at radius 2 is 2.00 bits per heavy atom. The van der Waals surface area contributed by atoms with Crippen LogP contribution in [0.1, 0.15) is 22.8 Å². The standard InChI is InChI=1S/C18H17ClIN3O4/c1-2-27-15-8-11(7-14(20)17(15)25)9-22-23-16(24)10-21-18(26)12-3-5-13(19)6-4-12/h3-9,25H,2,10H2,1H3,(H,21,26)(H,23,24)/b22-9+. The van der Waals surface area contributed by atoms with Gasteiger partial charge in [0.1, 0.15) is 0 Å². The molecule has 0 radical (unpaired) electrons. The number of nitrogens with zero attached hydrogens (tertiary/aromatic N) is 1. The van der Waals surface area contributed by atoms with Crippen LogP contribution in [-0.4, -0.2) is 36.3 Å². The highest BCUT2D eigenvalue weighted by Crippen LogP contribution is 2.32. The molecule has 0 atom stereocenters. The summed E-state index contributed by atoms with van der Waals surface area (Å²) >= 11 is 7.74. The number of hydrogen-bond donors (Lipinski definition) is 3. The lowest BCUT2D eigenvalue weighted by molar-refractivity contribution is -0.120. The van der Waals surface area contributed by atoms with Crippen LogP contribution < -0.4 is 15.5 Å². The number of nitrogens with one attached hydrogen (secondary N) is 2. The topological polar surface area (TPSA) is 100 Å². The summed E-state index contributed by atoms with van der Waals surface area (Å²) in [5, 5.41) is 16.8. The second-order valence-corrected chi connectivity index (χ2v) is 6.86. The van der Waals surface area contributed by atoms with Gasteiger partial charge in [0.15, 0.2) is 11.5 Å². The molecule has 142 valence electrons. The SMILES string of the molecule is CCOc1cc(/C=N/NC(=O)CNC(=O)c2ccc(Cl)cc2)cc(I)c1O. The Hall–Kier alpha value is -2.33. The molecule has 0 heterocycles. The van der Waals surface area contributed by atoms with E-state index in [0.717, 1.165) is 0 Å². The quantitative estimate of drug-likeness (QED) is 0.309. The minimum absolute atomic E-state index is 0.0588. The zero-order valence-electron chi connectivity index (χ0n) is 14.3. The predicted octanol–water partition coefficient (Wildman–Crippen LogP) is 2.93. The third kappa shape index (κ3) is 6.40. The van der Waals surface area contributed by atoms with Crippen LogP contribution in [-0.2, 0) is 4.79 Å². The van der Waals surface area contributed by atoms with Crippen molar-refractivity contribution < 1.29 is 19.4 Å². The van der Waals surface area contributed by atoms with Crippen molar-refractivity contribution in [3.8, 4) is 11.5 Å². The van der Waals surface area contributed by atoms with Crippen molar-refractivity contribution in [2.75, 3.05) is 13.2 Å². The highest BCUT2D eigenvalue weighted by molar-refractivity contribution is 14.1. The fourth-order valence-electron chi connectivity index (χ4n) is 2.02. The highest BCUT2D eigenvalue weighted by Gasteiger charge is 2.09. The molecule has 0 bridgehead atoms. The molecule has 2 aromatic carbocycles. The van der Waals surface area contributed by atoms with Crippen LogP contribution in [0.15, 0.2) is 41.5 Å². The smallest absolute Gasteiger partial charge is 0.259 e. The molecule has 7 nitrogen and oxygen atoms in total. The number of hydrogen-bond acceptors (Lipinski definition) is 5. The number of benzene rings is 2. The average molecular weight is 502 g/mol. The van der Waals surface area contributed by atoms with Crippen molar-refractivity contribution in [2.24, 2.45) is 5.10 Å². The first-order valence-corrected chi connectivity index (χ1v) is 9.37. The number of halogens is 2. The van der Waals surface area contributed by atoms with Gasteiger partial charge >= 0.3 is 0 Å². The van der Waals surface area contributed by atoms with Crippen molar-refractivity contribution in [2.45, 2.75) is 6.92 Å². The molecule has 0 unspecified atom stereocenters. The Kier molecular flexibility index (Phi) is 7.86. The Morgan fingerprint density at radius 1 is 1.30 bits per heavy atom. The summed E-state index contributed by atoms with van der Waals surface area (Å²) < 4.78 is 5.94. The van der Waals surface area contributed by atoms with E-state index in [1.54, 1.807) is 36.4 Å². The van der Waals surface area contributed by atoms with Gasteiger partial charge in [-0.1, -0.05) is 11.6 Å². The summed E-state index contributed by atoms with van der Waals surface area (Å²) in [4.78, 5) is 23.7. The van der Waals surface area contributed by atoms with Crippen LogP contribution >= 0.6 is 34.2 Å². The van der Waals surface area contributed by atoms with Gasteiger partial charge in [0.05, 0.1) is 22.9 Å². The molecule has 0 saturated carbocycles. The van der Waals surface area contributed by atoms with Crippen molar-refractivity contribution >= 4 is 52.2 Å². The van der Waals surface area contributed by atoms with Gasteiger partial charge in [-0.25, -0.2) is 5.43 Å². The summed E-state index contributed by atoms with van der Waals surface area (Å²) in [5.41, 5.74) is 3.37. The van der Waals surface area contributed by atoms with Crippen LogP contribution in [0.4, 0.5) is 0 Å². The fraction of sp³-hybridized carbons (Fsp3) is 0.167. The summed E-state index contributed by atoms with van der Waals surface area (Å²) in [6.07, 6.45) is 1.42. The van der Waals surface area contributed by atoms with Crippen LogP contribution in [0.5, 0.6) is 11.5 Å². The Bertz CT molecular complexity index is 856. The van der Waals surface area contributed by atoms with E-state index >= 15 is 0 Å². The van der Waals surface area contributed by atoms with Gasteiger partial charge in [-0.3, -0.25) is 9.59 Å². The lowest BCUT2D eigenvalue weighted by Crippen LogP contribution is -2.34. The number of amides is 2. The van der Waals surface area contributed by atoms with E-state index in [2.05, 4.69) is 15.8 Å². The molecule has 0 aliphatic heterocycles. The normalized spacial score (nSPS) is 10.6. The second-order valence-electron chi connectivity index (χ2n) is 5.27. The zero-order chi connectivity index (χ0) is 19.8. The molecule has 27 heavy (non-hydrogen) atoms. The third-order valence-corrected chi connectivity index (χ3v) is 4.34. The first kappa shape index (κ1) is 21.0. The maximum Gasteiger partial charge on any atom is 0.259 e. The van der Waals surface area contributed by atoms with E-state index in [-0.39, 0.29) is 18.2 Å². The van der Waals surface area contributed by atoms with Gasteiger partial charge in [-0.05, 0) is 71.5 Å². The van der Waals surface area contributed by atoms with Crippen molar-refractivity contribution in [1.29, 1.82) is 0 Å². The molecule has 9 heteroatoms. The van der Waals surface area contributed by atoms with Gasteiger partial charge in [0.2, 0.25) is 0 Å². The number of phenolic OH excluding ortho intramolecular Hbond substituents is 1. The lowest BCUT2D eigenvalue weighted by atomic mass is 10.2. The van der Waals surface area contributed by atoms with Crippen LogP contribution in [0.3, 0.4) is 0 Å². The summed E-state index contributed by atoms with van der Waals surface area (Å²) in [5.74, 6) is -0.469. The molecule has 0 saturated heterocycles. The van der Waals surface area contributed by atoms with Crippen LogP contribution in [0.2, 0.25) is 5.02 Å². The third-order valence-electron chi connectivity index (χ3n) is 3.27. The maximum absolute atomic E-state index is 11.9. The van der Waals surface area contributed by atoms with Gasteiger partial charge in [-0.2, -0.15) is 5.10 Å². The summed E-state index contributed by atoms with van der Waals surface area (Å²) in [7, 11) is 0. The number of ether oxygens (including phenoxy) is 1. The van der Waals surface area contributed by atoms with Crippen molar-refractivity contribution in [1.82, 2.24) is 10.7 Å². The van der Waals surface area contributed by atoms with Gasteiger partial charge < -0.3 is 15.2 Å². The van der Waals surface area contributed by atoms with Gasteiger partial charge in [-0.15, -0.1) is 0 Å². The van der Waals surface area contributed by atoms with E-state index < -0.39 is 5.91 Å². The molecule has 0 aliphatic rings. The number of hydrazone groups is 1. The van der Waals surface area contributed by atoms with Crippen LogP contribution in [0, 0.1) is 3.57 Å². The first-order valence-electron chi connectivity index (χ1n) is 7.91. The molecule has 0 aliphatic carbocycles. The molecule has 2 aromatic rings. The fourth-order valence-corrected chi connectivity index (χ4v) is 2.77. The second kappa shape index (κ2) is 10.1. The molecular formula is C18H17ClIN3O4. The van der Waals surface area contributed by atoms with E-state index in [4.69, 9.17) is 16.3 Å². The zero-order valence-corrected chi connectivity index (χ0v) is 17.2. The number of phenols is 1. The minimum atomic E-state index is -0.480. The first-order chi connectivity index (χ1) is 12.9. The van der Waals surface area contributed by atoms with Crippen molar-refractivity contribution in [3.63, 3.8) is 0 Å². The number of carbonyl (C=O) groups excluding carboxylic acids is 2. The van der Waals surface area contributed by atoms with Gasteiger partial charge in [0, 0.05) is 10.6 Å². The van der Waals surface area contributed by atoms with E-state index in [1.807, 2.05) is 29.5 Å². The molecule has 0 fully saturated rings. The van der Waals surface area contributed by atoms with Crippen molar-refractivity contribution in [3.05, 3.63) is 56.1 Å². The number of carbonyl (C=O) groups is 2. The Morgan fingerprint density at radius 3 is 2.67 bits per heavy atom. The summed E-state index contributed by atoms with van der Waals surface area (Å²) in [6.45, 7) is 2.00. The predicted molar refractivity (Wildman–Crippen MR) is 112 cm³/mol. The number of rotatable bonds is 7. The Balaban J connectivity index is 1.88. The van der Waals surface area contributed by atoms with Gasteiger partial charge in [0.25, 0.3) is 11.8 Å². The van der Waals surface area contributed by atoms with E-state index in [1.165, 1.54) is 6.21 Å². The summed E-state index contributed by atoms with van der Waals surface area (Å²) in [6, 6.07) is 9.62. The van der Waals surface area contributed by atoms with Crippen LogP contribution in [0.25, 0.3) is 0 Å². The lowest BCUT2D eigenvalue weighted by Gasteiger charge is -2.08. The largest absolute Gasteiger partial charge is 0.504 e.